The van der Waals surface area contributed by atoms with E-state index in [0.717, 1.165) is 11.1 Å². The molecule has 0 aromatic heterocycles. The van der Waals surface area contributed by atoms with Gasteiger partial charge in [0.1, 0.15) is 23.9 Å². The Morgan fingerprint density at radius 2 is 1.81 bits per heavy atom. The molecule has 36 heavy (non-hydrogen) atoms. The molecule has 1 saturated heterocycles. The Hall–Kier alpha value is -3.81. The molecule has 0 aliphatic carbocycles. The van der Waals surface area contributed by atoms with Crippen LogP contribution >= 0.6 is 11.6 Å². The summed E-state index contributed by atoms with van der Waals surface area (Å²) in [6.07, 6.45) is 0. The number of likely N-dealkylation sites (tertiary alicyclic amines) is 1. The maximum absolute atomic E-state index is 13.1. The molecule has 1 fully saturated rings. The molecule has 3 aromatic rings. The summed E-state index contributed by atoms with van der Waals surface area (Å²) in [4.78, 5) is 27.3. The molecule has 0 bridgehead atoms. The van der Waals surface area contributed by atoms with Crippen LogP contribution in [0.25, 0.3) is 5.76 Å². The highest BCUT2D eigenvalue weighted by atomic mass is 35.5. The molecule has 1 unspecified atom stereocenters. The van der Waals surface area contributed by atoms with E-state index in [9.17, 15) is 19.8 Å². The quantitative estimate of drug-likeness (QED) is 0.253. The molecule has 1 heterocycles. The van der Waals surface area contributed by atoms with Crippen molar-refractivity contribution in [3.05, 3.63) is 99.6 Å². The maximum atomic E-state index is 13.1. The van der Waals surface area contributed by atoms with Crippen molar-refractivity contribution in [1.82, 2.24) is 4.90 Å². The van der Waals surface area contributed by atoms with Crippen LogP contribution in [-0.2, 0) is 20.9 Å². The number of carbonyl (C=O) groups is 2. The summed E-state index contributed by atoms with van der Waals surface area (Å²) in [5.41, 5.74) is 2.57. The van der Waals surface area contributed by atoms with Crippen LogP contribution in [0, 0.1) is 6.92 Å². The summed E-state index contributed by atoms with van der Waals surface area (Å²) < 4.78 is 11.0. The molecule has 186 valence electrons. The molecule has 4 rings (SSSR count). The normalized spacial score (nSPS) is 17.0. The van der Waals surface area contributed by atoms with Crippen molar-refractivity contribution in [2.75, 3.05) is 20.3 Å². The Balaban J connectivity index is 1.71. The van der Waals surface area contributed by atoms with E-state index in [0.29, 0.717) is 23.5 Å². The van der Waals surface area contributed by atoms with Crippen molar-refractivity contribution in [3.8, 4) is 11.5 Å². The van der Waals surface area contributed by atoms with E-state index in [4.69, 9.17) is 21.1 Å². The number of rotatable bonds is 8. The van der Waals surface area contributed by atoms with Crippen molar-refractivity contribution >= 4 is 29.1 Å². The number of ether oxygens (including phenoxy) is 2. The van der Waals surface area contributed by atoms with Gasteiger partial charge in [-0.3, -0.25) is 9.59 Å². The zero-order valence-corrected chi connectivity index (χ0v) is 20.7. The molecule has 0 saturated carbocycles. The van der Waals surface area contributed by atoms with Crippen LogP contribution < -0.4 is 4.74 Å². The number of halogens is 1. The van der Waals surface area contributed by atoms with Crippen LogP contribution in [0.2, 0.25) is 5.02 Å². The van der Waals surface area contributed by atoms with E-state index in [2.05, 4.69) is 0 Å². The van der Waals surface area contributed by atoms with E-state index in [1.165, 1.54) is 24.1 Å². The fraction of sp³-hybridized carbons (Fsp3) is 0.214. The molecule has 1 atom stereocenters. The smallest absolute Gasteiger partial charge is 0.295 e. The van der Waals surface area contributed by atoms with Crippen molar-refractivity contribution in [3.63, 3.8) is 0 Å². The van der Waals surface area contributed by atoms with Crippen molar-refractivity contribution in [1.29, 1.82) is 0 Å². The van der Waals surface area contributed by atoms with E-state index >= 15 is 0 Å². The predicted molar refractivity (Wildman–Crippen MR) is 136 cm³/mol. The number of ketones is 1. The molecular formula is C28H26ClNO6. The topological polar surface area (TPSA) is 96.3 Å². The average Bonchev–Trinajstić information content (AvgIpc) is 3.13. The highest BCUT2D eigenvalue weighted by Gasteiger charge is 2.46. The summed E-state index contributed by atoms with van der Waals surface area (Å²) in [6, 6.07) is 18.4. The highest BCUT2D eigenvalue weighted by molar-refractivity contribution is 6.46. The first-order valence-corrected chi connectivity index (χ1v) is 11.7. The molecule has 8 heteroatoms. The number of nitrogens with zero attached hydrogens (tertiary/aromatic N) is 1. The number of Topliss-reactive ketones (excluding diaryl/α,β-unsaturated/α-hetero) is 1. The lowest BCUT2D eigenvalue weighted by molar-refractivity contribution is -0.140. The number of hydrogen-bond donors (Lipinski definition) is 2. The number of aliphatic hydroxyl groups excluding tert-OH is 1. The number of aromatic hydroxyl groups is 1. The fourth-order valence-corrected chi connectivity index (χ4v) is 4.38. The first-order chi connectivity index (χ1) is 17.3. The summed E-state index contributed by atoms with van der Waals surface area (Å²) in [5, 5.41) is 21.2. The second-order valence-corrected chi connectivity index (χ2v) is 8.86. The van der Waals surface area contributed by atoms with E-state index < -0.39 is 17.7 Å². The molecule has 0 spiro atoms. The SMILES string of the molecule is COCCN1C(=O)C(=O)/C(=C(\O)c2ccc(OCc3ccccc3)c(C)c2)C1c1ccc(O)c(Cl)c1. The average molecular weight is 508 g/mol. The maximum Gasteiger partial charge on any atom is 0.295 e. The van der Waals surface area contributed by atoms with Gasteiger partial charge in [0.2, 0.25) is 0 Å². The van der Waals surface area contributed by atoms with Crippen LogP contribution in [0.4, 0.5) is 0 Å². The minimum Gasteiger partial charge on any atom is -0.507 e. The van der Waals surface area contributed by atoms with E-state index in [1.54, 1.807) is 24.3 Å². The van der Waals surface area contributed by atoms with Crippen molar-refractivity contribution in [2.24, 2.45) is 0 Å². The zero-order chi connectivity index (χ0) is 25.8. The van der Waals surface area contributed by atoms with Gasteiger partial charge in [-0.15, -0.1) is 0 Å². The number of aliphatic hydroxyl groups is 1. The monoisotopic (exact) mass is 507 g/mol. The van der Waals surface area contributed by atoms with Crippen LogP contribution in [0.3, 0.4) is 0 Å². The molecule has 1 aliphatic rings. The molecular weight excluding hydrogens is 482 g/mol. The zero-order valence-electron chi connectivity index (χ0n) is 19.9. The minimum atomic E-state index is -0.896. The molecule has 2 N–H and O–H groups in total. The third kappa shape index (κ3) is 5.08. The molecule has 7 nitrogen and oxygen atoms in total. The van der Waals surface area contributed by atoms with Crippen LogP contribution in [0.1, 0.15) is 28.3 Å². The number of phenols is 1. The van der Waals surface area contributed by atoms with Crippen molar-refractivity contribution in [2.45, 2.75) is 19.6 Å². The standard InChI is InChI=1S/C28H26ClNO6/c1-17-14-20(9-11-23(17)36-16-18-6-4-3-5-7-18)26(32)24-25(19-8-10-22(31)21(29)15-19)30(12-13-35-2)28(34)27(24)33/h3-11,14-15,25,31-32H,12-13,16H2,1-2H3/b26-24-. The van der Waals surface area contributed by atoms with Gasteiger partial charge >= 0.3 is 0 Å². The fourth-order valence-electron chi connectivity index (χ4n) is 4.19. The molecule has 1 amide bonds. The van der Waals surface area contributed by atoms with Gasteiger partial charge < -0.3 is 24.6 Å². The van der Waals surface area contributed by atoms with Crippen LogP contribution in [0.5, 0.6) is 11.5 Å². The highest BCUT2D eigenvalue weighted by Crippen LogP contribution is 2.41. The lowest BCUT2D eigenvalue weighted by atomic mass is 9.94. The third-order valence-electron chi connectivity index (χ3n) is 6.05. The summed E-state index contributed by atoms with van der Waals surface area (Å²) in [7, 11) is 1.49. The summed E-state index contributed by atoms with van der Waals surface area (Å²) in [5.74, 6) is -1.35. The number of aryl methyl sites for hydroxylation is 1. The van der Waals surface area contributed by atoms with Crippen LogP contribution in [0.15, 0.2) is 72.3 Å². The first-order valence-electron chi connectivity index (χ1n) is 11.3. The number of benzene rings is 3. The second kappa shape index (κ2) is 10.8. The first kappa shape index (κ1) is 25.3. The van der Waals surface area contributed by atoms with Gasteiger partial charge in [-0.1, -0.05) is 48.0 Å². The largest absolute Gasteiger partial charge is 0.507 e. The van der Waals surface area contributed by atoms with Crippen LogP contribution in [-0.4, -0.2) is 47.1 Å². The Morgan fingerprint density at radius 1 is 1.06 bits per heavy atom. The summed E-state index contributed by atoms with van der Waals surface area (Å²) >= 11 is 6.12. The minimum absolute atomic E-state index is 0.0600. The number of amides is 1. The van der Waals surface area contributed by atoms with E-state index in [-0.39, 0.29) is 35.3 Å². The number of carbonyl (C=O) groups excluding carboxylic acids is 2. The predicted octanol–water partition coefficient (Wildman–Crippen LogP) is 5.00. The second-order valence-electron chi connectivity index (χ2n) is 8.45. The Labute approximate surface area is 214 Å². The Morgan fingerprint density at radius 3 is 2.47 bits per heavy atom. The van der Waals surface area contributed by atoms with E-state index in [1.807, 2.05) is 37.3 Å². The van der Waals surface area contributed by atoms with Gasteiger partial charge in [-0.25, -0.2) is 0 Å². The van der Waals surface area contributed by atoms with Gasteiger partial charge in [-0.2, -0.15) is 0 Å². The van der Waals surface area contributed by atoms with Gasteiger partial charge in [0.25, 0.3) is 11.7 Å². The van der Waals surface area contributed by atoms with Gasteiger partial charge in [0.15, 0.2) is 0 Å². The Kier molecular flexibility index (Phi) is 7.62. The number of methoxy groups -OCH3 is 1. The van der Waals surface area contributed by atoms with Gasteiger partial charge in [0.05, 0.1) is 23.2 Å². The molecule has 3 aromatic carbocycles. The van der Waals surface area contributed by atoms with Gasteiger partial charge in [0, 0.05) is 19.2 Å². The Bertz CT molecular complexity index is 1320. The number of phenolic OH excluding ortho intramolecular Hbond substituents is 1. The van der Waals surface area contributed by atoms with Crippen molar-refractivity contribution < 1.29 is 29.3 Å². The number of hydrogen-bond acceptors (Lipinski definition) is 6. The third-order valence-corrected chi connectivity index (χ3v) is 6.35. The van der Waals surface area contributed by atoms with Gasteiger partial charge in [-0.05, 0) is 53.9 Å². The molecule has 0 radical (unpaired) electrons. The lowest BCUT2D eigenvalue weighted by Crippen LogP contribution is -2.32. The lowest BCUT2D eigenvalue weighted by Gasteiger charge is -2.25. The summed E-state index contributed by atoms with van der Waals surface area (Å²) in [6.45, 7) is 2.55. The molecule has 1 aliphatic heterocycles.